The molecule has 0 fully saturated rings. The second kappa shape index (κ2) is 15.0. The number of rotatable bonds is 6. The predicted octanol–water partition coefficient (Wildman–Crippen LogP) is 16.4. The Morgan fingerprint density at radius 1 is 0.215 bits per heavy atom. The molecule has 0 saturated carbocycles. The highest BCUT2D eigenvalue weighted by Gasteiger charge is 2.19. The second-order valence-electron chi connectivity index (χ2n) is 16.7. The summed E-state index contributed by atoms with van der Waals surface area (Å²) in [6.45, 7) is 0. The molecule has 0 spiro atoms. The average Bonchev–Trinajstić information content (AvgIpc) is 3.78. The lowest BCUT2D eigenvalue weighted by Crippen LogP contribution is -2.00. The summed E-state index contributed by atoms with van der Waals surface area (Å²) in [7, 11) is 0. The van der Waals surface area contributed by atoms with Crippen molar-refractivity contribution in [2.75, 3.05) is 0 Å². The second-order valence-corrected chi connectivity index (χ2v) is 16.7. The molecule has 0 atom stereocenters. The molecule has 0 aliphatic rings. The van der Waals surface area contributed by atoms with Gasteiger partial charge in [0.1, 0.15) is 11.2 Å². The van der Waals surface area contributed by atoms with E-state index in [1.807, 2.05) is 60.7 Å². The zero-order chi connectivity index (χ0) is 42.8. The Morgan fingerprint density at radius 3 is 1.18 bits per heavy atom. The Hall–Kier alpha value is -8.73. The monoisotopic (exact) mass is 827 g/mol. The Balaban J connectivity index is 0.871. The Labute approximate surface area is 374 Å². The minimum Gasteiger partial charge on any atom is -0.455 e. The number of hydrogen-bond acceptors (Lipinski definition) is 4. The van der Waals surface area contributed by atoms with Crippen LogP contribution in [0.2, 0.25) is 0 Å². The largest absolute Gasteiger partial charge is 0.455 e. The van der Waals surface area contributed by atoms with Gasteiger partial charge in [0.25, 0.3) is 0 Å². The molecule has 0 N–H and O–H groups in total. The van der Waals surface area contributed by atoms with Crippen LogP contribution in [-0.4, -0.2) is 15.0 Å². The average molecular weight is 828 g/mol. The van der Waals surface area contributed by atoms with Gasteiger partial charge in [0, 0.05) is 38.4 Å². The molecule has 11 aromatic carbocycles. The van der Waals surface area contributed by atoms with Gasteiger partial charge in [0.2, 0.25) is 0 Å². The molecule has 4 heteroatoms. The Kier molecular flexibility index (Phi) is 8.50. The third-order valence-electron chi connectivity index (χ3n) is 12.9. The molecular formula is C61H37N3O. The van der Waals surface area contributed by atoms with Crippen molar-refractivity contribution in [2.45, 2.75) is 0 Å². The van der Waals surface area contributed by atoms with Crippen molar-refractivity contribution in [1.82, 2.24) is 15.0 Å². The lowest BCUT2D eigenvalue weighted by molar-refractivity contribution is 0.674. The maximum atomic E-state index is 6.98. The van der Waals surface area contributed by atoms with Crippen LogP contribution >= 0.6 is 0 Å². The van der Waals surface area contributed by atoms with Crippen LogP contribution in [-0.2, 0) is 0 Å². The van der Waals surface area contributed by atoms with Crippen molar-refractivity contribution in [1.29, 1.82) is 0 Å². The van der Waals surface area contributed by atoms with Gasteiger partial charge in [0.05, 0.1) is 0 Å². The highest BCUT2D eigenvalue weighted by Crippen LogP contribution is 2.44. The van der Waals surface area contributed by atoms with Gasteiger partial charge in [-0.3, -0.25) is 0 Å². The van der Waals surface area contributed by atoms with Crippen molar-refractivity contribution >= 4 is 65.0 Å². The molecule has 0 amide bonds. The van der Waals surface area contributed by atoms with E-state index >= 15 is 0 Å². The summed E-state index contributed by atoms with van der Waals surface area (Å²) in [5.41, 5.74) is 11.4. The number of hydrogen-bond donors (Lipinski definition) is 0. The summed E-state index contributed by atoms with van der Waals surface area (Å²) < 4.78 is 6.98. The number of furan rings is 1. The van der Waals surface area contributed by atoms with Crippen LogP contribution in [0, 0.1) is 0 Å². The van der Waals surface area contributed by atoms with Crippen LogP contribution in [0.5, 0.6) is 0 Å². The third-order valence-corrected chi connectivity index (χ3v) is 12.9. The molecule has 302 valence electrons. The highest BCUT2D eigenvalue weighted by atomic mass is 16.3. The van der Waals surface area contributed by atoms with E-state index in [0.29, 0.717) is 17.5 Å². The Morgan fingerprint density at radius 2 is 0.615 bits per heavy atom. The highest BCUT2D eigenvalue weighted by molar-refractivity contribution is 6.26. The van der Waals surface area contributed by atoms with Crippen LogP contribution in [0.15, 0.2) is 229 Å². The van der Waals surface area contributed by atoms with Gasteiger partial charge in [-0.2, -0.15) is 0 Å². The third kappa shape index (κ3) is 6.18. The summed E-state index contributed by atoms with van der Waals surface area (Å²) in [5.74, 6) is 1.94. The Bertz CT molecular complexity index is 3880. The summed E-state index contributed by atoms with van der Waals surface area (Å²) in [6.07, 6.45) is 0. The number of fused-ring (bicyclic) bond motifs is 11. The van der Waals surface area contributed by atoms with Crippen molar-refractivity contribution in [2.24, 2.45) is 0 Å². The van der Waals surface area contributed by atoms with Crippen LogP contribution in [0.3, 0.4) is 0 Å². The van der Waals surface area contributed by atoms with E-state index in [9.17, 15) is 0 Å². The molecule has 4 nitrogen and oxygen atoms in total. The summed E-state index contributed by atoms with van der Waals surface area (Å²) >= 11 is 0. The molecule has 0 aliphatic carbocycles. The van der Waals surface area contributed by atoms with Gasteiger partial charge in [-0.1, -0.05) is 212 Å². The molecule has 0 unspecified atom stereocenters. The number of nitrogens with zero attached hydrogens (tertiary/aromatic N) is 3. The first-order valence-electron chi connectivity index (χ1n) is 22.0. The van der Waals surface area contributed by atoms with Gasteiger partial charge < -0.3 is 4.42 Å². The molecule has 13 aromatic rings. The maximum absolute atomic E-state index is 6.98. The molecule has 13 rings (SSSR count). The number of aromatic nitrogens is 3. The van der Waals surface area contributed by atoms with Crippen LogP contribution in [0.4, 0.5) is 0 Å². The number of para-hydroxylation sites is 1. The molecule has 0 bridgehead atoms. The molecule has 2 aromatic heterocycles. The maximum Gasteiger partial charge on any atom is 0.164 e. The first-order valence-corrected chi connectivity index (χ1v) is 22.0. The van der Waals surface area contributed by atoms with E-state index < -0.39 is 0 Å². The van der Waals surface area contributed by atoms with Crippen molar-refractivity contribution in [3.05, 3.63) is 224 Å². The molecule has 2 heterocycles. The number of benzene rings is 11. The normalized spacial score (nSPS) is 11.7. The van der Waals surface area contributed by atoms with Crippen LogP contribution < -0.4 is 0 Å². The van der Waals surface area contributed by atoms with Crippen molar-refractivity contribution in [3.8, 4) is 67.5 Å². The van der Waals surface area contributed by atoms with Gasteiger partial charge in [-0.05, 0) is 77.7 Å². The van der Waals surface area contributed by atoms with Crippen LogP contribution in [0.25, 0.3) is 133 Å². The summed E-state index contributed by atoms with van der Waals surface area (Å²) in [6, 6.07) is 79.4. The fourth-order valence-electron chi connectivity index (χ4n) is 9.75. The SMILES string of the molecule is c1ccc(-c2nc(-c3ccccc3)nc(-c3ccc(-c4ccc(-c5cc6c7cccc(-c8ccc9c%10ccccc%10c%10ccccc%10c9c8)c7oc6c6ccccc56)cc4)cc3)n2)cc1. The topological polar surface area (TPSA) is 51.8 Å². The molecule has 0 radical (unpaired) electrons. The van der Waals surface area contributed by atoms with E-state index in [1.165, 1.54) is 37.9 Å². The standard InChI is InChI=1S/C61H37N3O/c1-3-14-41(15-4-1)59-62-60(42-16-5-2-6-17-42)64-61(63-59)43-32-28-39(29-33-43)38-26-30-40(31-27-38)54-37-56-53-25-13-24-45(57(53)65-58(56)52-23-12-11-22-50(52)54)44-34-35-51-48-20-8-7-18-46(48)47-19-9-10-21-49(47)55(51)36-44/h1-37H. The zero-order valence-corrected chi connectivity index (χ0v) is 35.1. The lowest BCUT2D eigenvalue weighted by atomic mass is 9.91. The van der Waals surface area contributed by atoms with E-state index in [2.05, 4.69) is 164 Å². The predicted molar refractivity (Wildman–Crippen MR) is 270 cm³/mol. The lowest BCUT2D eigenvalue weighted by Gasteiger charge is -2.12. The summed E-state index contributed by atoms with van der Waals surface area (Å²) in [4.78, 5) is 14.7. The smallest absolute Gasteiger partial charge is 0.164 e. The molecule has 0 aliphatic heterocycles. The zero-order valence-electron chi connectivity index (χ0n) is 35.1. The van der Waals surface area contributed by atoms with Crippen molar-refractivity contribution in [3.63, 3.8) is 0 Å². The molecular weight excluding hydrogens is 791 g/mol. The van der Waals surface area contributed by atoms with Gasteiger partial charge >= 0.3 is 0 Å². The van der Waals surface area contributed by atoms with E-state index in [4.69, 9.17) is 19.4 Å². The van der Waals surface area contributed by atoms with Gasteiger partial charge in [0.15, 0.2) is 17.5 Å². The quantitative estimate of drug-likeness (QED) is 0.157. The van der Waals surface area contributed by atoms with E-state index in [0.717, 1.165) is 77.2 Å². The molecule has 0 saturated heterocycles. The van der Waals surface area contributed by atoms with E-state index in [1.54, 1.807) is 0 Å². The van der Waals surface area contributed by atoms with Crippen LogP contribution in [0.1, 0.15) is 0 Å². The fraction of sp³-hybridized carbons (Fsp3) is 0. The first kappa shape index (κ1) is 36.9. The minimum absolute atomic E-state index is 0.639. The van der Waals surface area contributed by atoms with Gasteiger partial charge in [-0.15, -0.1) is 0 Å². The van der Waals surface area contributed by atoms with Crippen molar-refractivity contribution < 1.29 is 4.42 Å². The first-order chi connectivity index (χ1) is 32.2. The summed E-state index contributed by atoms with van der Waals surface area (Å²) in [5, 5.41) is 12.0. The molecule has 65 heavy (non-hydrogen) atoms. The van der Waals surface area contributed by atoms with Gasteiger partial charge in [-0.25, -0.2) is 15.0 Å². The minimum atomic E-state index is 0.639. The van der Waals surface area contributed by atoms with E-state index in [-0.39, 0.29) is 0 Å². The fourth-order valence-corrected chi connectivity index (χ4v) is 9.75.